The number of aliphatic hydroxyl groups excluding tert-OH is 1. The molecular formula is C20H26N2O2. The second-order valence-electron chi connectivity index (χ2n) is 6.22. The number of benzene rings is 2. The van der Waals surface area contributed by atoms with E-state index >= 15 is 0 Å². The number of hydrogen-bond acceptors (Lipinski definition) is 4. The Balaban J connectivity index is 1.49. The third kappa shape index (κ3) is 4.08. The number of methoxy groups -OCH3 is 1. The summed E-state index contributed by atoms with van der Waals surface area (Å²) in [5.74, 6) is 0.936. The average Bonchev–Trinajstić information content (AvgIpc) is 2.67. The molecule has 0 radical (unpaired) electrons. The molecular weight excluding hydrogens is 300 g/mol. The fourth-order valence-electron chi connectivity index (χ4n) is 3.25. The van der Waals surface area contributed by atoms with Crippen LogP contribution in [0.3, 0.4) is 0 Å². The molecule has 0 unspecified atom stereocenters. The summed E-state index contributed by atoms with van der Waals surface area (Å²) < 4.78 is 5.47. The van der Waals surface area contributed by atoms with Crippen molar-refractivity contribution in [3.8, 4) is 5.75 Å². The van der Waals surface area contributed by atoms with Crippen LogP contribution in [0.1, 0.15) is 18.1 Å². The van der Waals surface area contributed by atoms with Crippen LogP contribution in [0.4, 0.5) is 5.69 Å². The van der Waals surface area contributed by atoms with Gasteiger partial charge >= 0.3 is 0 Å². The van der Waals surface area contributed by atoms with Gasteiger partial charge in [0.1, 0.15) is 5.75 Å². The zero-order chi connectivity index (χ0) is 16.8. The largest absolute Gasteiger partial charge is 0.495 e. The molecule has 4 heteroatoms. The highest BCUT2D eigenvalue weighted by atomic mass is 16.5. The lowest BCUT2D eigenvalue weighted by Crippen LogP contribution is -2.46. The maximum absolute atomic E-state index is 10.3. The third-order valence-corrected chi connectivity index (χ3v) is 4.70. The van der Waals surface area contributed by atoms with Gasteiger partial charge in [0.25, 0.3) is 0 Å². The summed E-state index contributed by atoms with van der Waals surface area (Å²) in [6.07, 6.45) is 0.400. The summed E-state index contributed by atoms with van der Waals surface area (Å²) in [4.78, 5) is 4.81. The van der Waals surface area contributed by atoms with E-state index in [1.807, 2.05) is 42.5 Å². The Bertz CT molecular complexity index is 625. The minimum absolute atomic E-state index is 0.376. The van der Waals surface area contributed by atoms with E-state index in [1.54, 1.807) is 7.11 Å². The molecule has 0 bridgehead atoms. The Labute approximate surface area is 144 Å². The minimum atomic E-state index is -0.376. The van der Waals surface area contributed by atoms with Crippen molar-refractivity contribution in [1.29, 1.82) is 0 Å². The quantitative estimate of drug-likeness (QED) is 0.885. The van der Waals surface area contributed by atoms with E-state index in [2.05, 4.69) is 21.9 Å². The van der Waals surface area contributed by atoms with Crippen LogP contribution in [0.2, 0.25) is 0 Å². The van der Waals surface area contributed by atoms with Gasteiger partial charge in [-0.05, 0) is 24.1 Å². The van der Waals surface area contributed by atoms with Crippen LogP contribution in [-0.4, -0.2) is 49.8 Å². The van der Waals surface area contributed by atoms with Crippen molar-refractivity contribution in [3.63, 3.8) is 0 Å². The van der Waals surface area contributed by atoms with Gasteiger partial charge in [-0.2, -0.15) is 0 Å². The number of rotatable bonds is 6. The number of piperazine rings is 1. The number of aliphatic hydroxyl groups is 1. The van der Waals surface area contributed by atoms with Crippen molar-refractivity contribution in [3.05, 3.63) is 60.2 Å². The van der Waals surface area contributed by atoms with Crippen LogP contribution in [0.5, 0.6) is 5.75 Å². The van der Waals surface area contributed by atoms with E-state index in [4.69, 9.17) is 4.74 Å². The van der Waals surface area contributed by atoms with E-state index in [9.17, 15) is 5.11 Å². The van der Waals surface area contributed by atoms with Crippen LogP contribution in [0, 0.1) is 0 Å². The monoisotopic (exact) mass is 326 g/mol. The summed E-state index contributed by atoms with van der Waals surface area (Å²) in [6, 6.07) is 18.1. The van der Waals surface area contributed by atoms with Gasteiger partial charge in [0.15, 0.2) is 0 Å². The molecule has 0 aliphatic carbocycles. The number of para-hydroxylation sites is 2. The predicted molar refractivity (Wildman–Crippen MR) is 97.7 cm³/mol. The van der Waals surface area contributed by atoms with Crippen LogP contribution in [0.25, 0.3) is 0 Å². The van der Waals surface area contributed by atoms with Gasteiger partial charge in [-0.25, -0.2) is 0 Å². The molecule has 1 aliphatic heterocycles. The van der Waals surface area contributed by atoms with Gasteiger partial charge in [-0.1, -0.05) is 42.5 Å². The average molecular weight is 326 g/mol. The second kappa shape index (κ2) is 8.18. The molecule has 24 heavy (non-hydrogen) atoms. The maximum Gasteiger partial charge on any atom is 0.142 e. The maximum atomic E-state index is 10.3. The highest BCUT2D eigenvalue weighted by molar-refractivity contribution is 5.58. The molecule has 1 heterocycles. The van der Waals surface area contributed by atoms with E-state index in [0.717, 1.165) is 50.5 Å². The van der Waals surface area contributed by atoms with Crippen molar-refractivity contribution in [1.82, 2.24) is 4.90 Å². The van der Waals surface area contributed by atoms with E-state index in [-0.39, 0.29) is 6.10 Å². The standard InChI is InChI=1S/C20H26N2O2/c1-24-20-10-6-5-9-18(20)22-15-13-21(14-16-22)12-11-19(23)17-7-3-2-4-8-17/h2-10,19,23H,11-16H2,1H3/t19-/m0/s1. The number of anilines is 1. The highest BCUT2D eigenvalue weighted by Crippen LogP contribution is 2.28. The molecule has 1 saturated heterocycles. The molecule has 1 N–H and O–H groups in total. The summed E-state index contributed by atoms with van der Waals surface area (Å²) in [6.45, 7) is 4.93. The Morgan fingerprint density at radius 3 is 2.33 bits per heavy atom. The van der Waals surface area contributed by atoms with Crippen molar-refractivity contribution >= 4 is 5.69 Å². The molecule has 0 saturated carbocycles. The summed E-state index contributed by atoms with van der Waals surface area (Å²) in [5, 5.41) is 10.3. The molecule has 1 aliphatic rings. The van der Waals surface area contributed by atoms with Gasteiger partial charge in [-0.3, -0.25) is 4.90 Å². The zero-order valence-corrected chi connectivity index (χ0v) is 14.3. The van der Waals surface area contributed by atoms with Gasteiger partial charge in [0.05, 0.1) is 18.9 Å². The Morgan fingerprint density at radius 1 is 0.958 bits per heavy atom. The highest BCUT2D eigenvalue weighted by Gasteiger charge is 2.20. The van der Waals surface area contributed by atoms with Gasteiger partial charge < -0.3 is 14.7 Å². The molecule has 1 fully saturated rings. The van der Waals surface area contributed by atoms with Crippen molar-refractivity contribution in [2.45, 2.75) is 12.5 Å². The van der Waals surface area contributed by atoms with Crippen LogP contribution in [-0.2, 0) is 0 Å². The molecule has 0 aromatic heterocycles. The van der Waals surface area contributed by atoms with Crippen molar-refractivity contribution < 1.29 is 9.84 Å². The fraction of sp³-hybridized carbons (Fsp3) is 0.400. The van der Waals surface area contributed by atoms with Crippen molar-refractivity contribution in [2.24, 2.45) is 0 Å². The van der Waals surface area contributed by atoms with Crippen LogP contribution >= 0.6 is 0 Å². The normalized spacial score (nSPS) is 16.8. The predicted octanol–water partition coefficient (Wildman–Crippen LogP) is 2.94. The minimum Gasteiger partial charge on any atom is -0.495 e. The smallest absolute Gasteiger partial charge is 0.142 e. The molecule has 2 aromatic carbocycles. The van der Waals surface area contributed by atoms with Crippen LogP contribution < -0.4 is 9.64 Å². The van der Waals surface area contributed by atoms with E-state index in [0.29, 0.717) is 0 Å². The lowest BCUT2D eigenvalue weighted by atomic mass is 10.1. The van der Waals surface area contributed by atoms with E-state index in [1.165, 1.54) is 5.69 Å². The van der Waals surface area contributed by atoms with Gasteiger partial charge in [0, 0.05) is 32.7 Å². The molecule has 0 amide bonds. The summed E-state index contributed by atoms with van der Waals surface area (Å²) >= 11 is 0. The first-order valence-electron chi connectivity index (χ1n) is 8.61. The summed E-state index contributed by atoms with van der Waals surface area (Å²) in [5.41, 5.74) is 2.18. The number of nitrogens with zero attached hydrogens (tertiary/aromatic N) is 2. The van der Waals surface area contributed by atoms with Gasteiger partial charge in [-0.15, -0.1) is 0 Å². The second-order valence-corrected chi connectivity index (χ2v) is 6.22. The summed E-state index contributed by atoms with van der Waals surface area (Å²) in [7, 11) is 1.72. The molecule has 128 valence electrons. The van der Waals surface area contributed by atoms with Gasteiger partial charge in [0.2, 0.25) is 0 Å². The van der Waals surface area contributed by atoms with E-state index < -0.39 is 0 Å². The number of hydrogen-bond donors (Lipinski definition) is 1. The first-order chi connectivity index (χ1) is 11.8. The molecule has 1 atom stereocenters. The Kier molecular flexibility index (Phi) is 5.72. The molecule has 2 aromatic rings. The Morgan fingerprint density at radius 2 is 1.62 bits per heavy atom. The SMILES string of the molecule is COc1ccccc1N1CCN(CC[C@H](O)c2ccccc2)CC1. The Hall–Kier alpha value is -2.04. The lowest BCUT2D eigenvalue weighted by molar-refractivity contribution is 0.139. The van der Waals surface area contributed by atoms with Crippen LogP contribution in [0.15, 0.2) is 54.6 Å². The molecule has 0 spiro atoms. The number of ether oxygens (including phenoxy) is 1. The molecule has 4 nitrogen and oxygen atoms in total. The fourth-order valence-corrected chi connectivity index (χ4v) is 3.25. The zero-order valence-electron chi connectivity index (χ0n) is 14.3. The molecule has 3 rings (SSSR count). The first kappa shape index (κ1) is 16.8. The third-order valence-electron chi connectivity index (χ3n) is 4.70. The van der Waals surface area contributed by atoms with Crippen molar-refractivity contribution in [2.75, 3.05) is 44.7 Å². The first-order valence-corrected chi connectivity index (χ1v) is 8.61. The lowest BCUT2D eigenvalue weighted by Gasteiger charge is -2.36. The topological polar surface area (TPSA) is 35.9 Å².